The van der Waals surface area contributed by atoms with Gasteiger partial charge in [-0.3, -0.25) is 14.9 Å². The van der Waals surface area contributed by atoms with Gasteiger partial charge in [0.15, 0.2) is 0 Å². The average Bonchev–Trinajstić information content (AvgIpc) is 1.82. The highest BCUT2D eigenvalue weighted by atomic mass is 16.2. The summed E-state index contributed by atoms with van der Waals surface area (Å²) in [6.07, 6.45) is 3.73. The molecule has 0 aliphatic carbocycles. The van der Waals surface area contributed by atoms with E-state index in [9.17, 15) is 9.59 Å². The molecule has 0 aromatic rings. The Labute approximate surface area is 60.1 Å². The van der Waals surface area contributed by atoms with E-state index >= 15 is 0 Å². The maximum atomic E-state index is 10.6. The van der Waals surface area contributed by atoms with Gasteiger partial charge in [0.05, 0.1) is 0 Å². The van der Waals surface area contributed by atoms with Crippen molar-refractivity contribution in [2.45, 2.75) is 20.3 Å². The smallest absolute Gasteiger partial charge is 0.230 e. The molecule has 10 heavy (non-hydrogen) atoms. The zero-order chi connectivity index (χ0) is 7.98. The number of imide groups is 1. The molecule has 0 fully saturated rings. The molecule has 0 heterocycles. The fourth-order valence-electron chi connectivity index (χ4n) is 0.472. The Hall–Kier alpha value is -1.12. The molecule has 1 N–H and O–H groups in total. The number of hydrogen-bond donors (Lipinski definition) is 1. The van der Waals surface area contributed by atoms with Crippen molar-refractivity contribution in [2.24, 2.45) is 0 Å². The van der Waals surface area contributed by atoms with E-state index in [0.29, 0.717) is 0 Å². The lowest BCUT2D eigenvalue weighted by Crippen LogP contribution is -2.26. The second kappa shape index (κ2) is 4.73. The largest absolute Gasteiger partial charge is 0.296 e. The van der Waals surface area contributed by atoms with E-state index < -0.39 is 0 Å². The van der Waals surface area contributed by atoms with Gasteiger partial charge < -0.3 is 0 Å². The van der Waals surface area contributed by atoms with Crippen LogP contribution in [0.2, 0.25) is 0 Å². The summed E-state index contributed by atoms with van der Waals surface area (Å²) in [5.41, 5.74) is 0. The highest BCUT2D eigenvalue weighted by Gasteiger charge is 1.98. The van der Waals surface area contributed by atoms with Crippen LogP contribution in [0.25, 0.3) is 0 Å². The lowest BCUT2D eigenvalue weighted by molar-refractivity contribution is -0.128. The number of amides is 2. The van der Waals surface area contributed by atoms with E-state index in [0.717, 1.165) is 0 Å². The summed E-state index contributed by atoms with van der Waals surface area (Å²) in [6, 6.07) is 0. The molecule has 0 atom stereocenters. The standard InChI is InChI=1S/C7H11NO2/c1-3-4-5-7(10)8-6(2)9/h3-4H,5H2,1-2H3,(H,8,9,10)/b4-3+. The summed E-state index contributed by atoms with van der Waals surface area (Å²) >= 11 is 0. The van der Waals surface area contributed by atoms with E-state index in [4.69, 9.17) is 0 Å². The summed E-state index contributed by atoms with van der Waals surface area (Å²) in [4.78, 5) is 20.9. The van der Waals surface area contributed by atoms with Gasteiger partial charge in [-0.1, -0.05) is 12.2 Å². The molecule has 0 aromatic carbocycles. The Balaban J connectivity index is 3.54. The summed E-state index contributed by atoms with van der Waals surface area (Å²) in [5, 5.41) is 2.15. The highest BCUT2D eigenvalue weighted by molar-refractivity contribution is 5.94. The predicted molar refractivity (Wildman–Crippen MR) is 38.3 cm³/mol. The summed E-state index contributed by atoms with van der Waals surface area (Å²) in [7, 11) is 0. The summed E-state index contributed by atoms with van der Waals surface area (Å²) in [5.74, 6) is -0.569. The van der Waals surface area contributed by atoms with E-state index in [2.05, 4.69) is 5.32 Å². The normalized spacial score (nSPS) is 9.80. The molecule has 0 aliphatic heterocycles. The molecular weight excluding hydrogens is 130 g/mol. The van der Waals surface area contributed by atoms with E-state index in [1.165, 1.54) is 6.92 Å². The Morgan fingerprint density at radius 1 is 1.50 bits per heavy atom. The van der Waals surface area contributed by atoms with Gasteiger partial charge in [0.2, 0.25) is 11.8 Å². The van der Waals surface area contributed by atoms with Crippen molar-refractivity contribution in [1.82, 2.24) is 5.32 Å². The van der Waals surface area contributed by atoms with Crippen LogP contribution in [0.5, 0.6) is 0 Å². The minimum atomic E-state index is -0.311. The first kappa shape index (κ1) is 8.88. The summed E-state index contributed by atoms with van der Waals surface area (Å²) in [6.45, 7) is 3.13. The summed E-state index contributed by atoms with van der Waals surface area (Å²) < 4.78 is 0. The molecule has 0 aliphatic rings. The van der Waals surface area contributed by atoms with Crippen LogP contribution in [0.3, 0.4) is 0 Å². The molecule has 0 spiro atoms. The molecule has 0 saturated carbocycles. The lowest BCUT2D eigenvalue weighted by atomic mass is 10.3. The van der Waals surface area contributed by atoms with Crippen LogP contribution in [0.15, 0.2) is 12.2 Å². The fraction of sp³-hybridized carbons (Fsp3) is 0.429. The topological polar surface area (TPSA) is 46.2 Å². The van der Waals surface area contributed by atoms with Gasteiger partial charge in [0.1, 0.15) is 0 Å². The van der Waals surface area contributed by atoms with Crippen molar-refractivity contribution in [3.63, 3.8) is 0 Å². The van der Waals surface area contributed by atoms with Gasteiger partial charge in [-0.05, 0) is 6.92 Å². The minimum absolute atomic E-state index is 0.259. The fourth-order valence-corrected chi connectivity index (χ4v) is 0.472. The maximum Gasteiger partial charge on any atom is 0.230 e. The van der Waals surface area contributed by atoms with Crippen LogP contribution in [-0.2, 0) is 9.59 Å². The van der Waals surface area contributed by atoms with E-state index in [-0.39, 0.29) is 18.2 Å². The second-order valence-corrected chi connectivity index (χ2v) is 1.88. The first-order chi connectivity index (χ1) is 4.66. The van der Waals surface area contributed by atoms with Gasteiger partial charge in [-0.25, -0.2) is 0 Å². The maximum absolute atomic E-state index is 10.6. The number of carbonyl (C=O) groups excluding carboxylic acids is 2. The third-order valence-electron chi connectivity index (χ3n) is 0.854. The van der Waals surface area contributed by atoms with Gasteiger partial charge >= 0.3 is 0 Å². The van der Waals surface area contributed by atoms with Crippen LogP contribution >= 0.6 is 0 Å². The van der Waals surface area contributed by atoms with Crippen molar-refractivity contribution in [3.8, 4) is 0 Å². The van der Waals surface area contributed by atoms with Crippen LogP contribution in [-0.4, -0.2) is 11.8 Å². The van der Waals surface area contributed by atoms with Crippen LogP contribution in [0.4, 0.5) is 0 Å². The van der Waals surface area contributed by atoms with Crippen LogP contribution in [0, 0.1) is 0 Å². The van der Waals surface area contributed by atoms with Gasteiger partial charge in [-0.2, -0.15) is 0 Å². The van der Waals surface area contributed by atoms with Crippen molar-refractivity contribution in [2.75, 3.05) is 0 Å². The van der Waals surface area contributed by atoms with Crippen LogP contribution < -0.4 is 5.32 Å². The molecule has 3 heteroatoms. The quantitative estimate of drug-likeness (QED) is 0.573. The molecule has 0 saturated heterocycles. The van der Waals surface area contributed by atoms with Crippen molar-refractivity contribution >= 4 is 11.8 Å². The van der Waals surface area contributed by atoms with Gasteiger partial charge in [-0.15, -0.1) is 0 Å². The second-order valence-electron chi connectivity index (χ2n) is 1.88. The van der Waals surface area contributed by atoms with Gasteiger partial charge in [0, 0.05) is 13.3 Å². The first-order valence-corrected chi connectivity index (χ1v) is 3.08. The van der Waals surface area contributed by atoms with Crippen molar-refractivity contribution in [3.05, 3.63) is 12.2 Å². The predicted octanol–water partition coefficient (Wildman–Crippen LogP) is 0.615. The zero-order valence-electron chi connectivity index (χ0n) is 6.18. The van der Waals surface area contributed by atoms with Gasteiger partial charge in [0.25, 0.3) is 0 Å². The number of hydrogen-bond acceptors (Lipinski definition) is 2. The SMILES string of the molecule is C/C=C/CC(=O)NC(C)=O. The van der Waals surface area contributed by atoms with E-state index in [1.807, 2.05) is 6.92 Å². The molecule has 3 nitrogen and oxygen atoms in total. The lowest BCUT2D eigenvalue weighted by Gasteiger charge is -1.94. The Kier molecular flexibility index (Phi) is 4.20. The Morgan fingerprint density at radius 3 is 2.50 bits per heavy atom. The number of carbonyl (C=O) groups is 2. The molecule has 0 radical (unpaired) electrons. The highest BCUT2D eigenvalue weighted by Crippen LogP contribution is 1.81. The molecule has 0 bridgehead atoms. The molecular formula is C7H11NO2. The average molecular weight is 141 g/mol. The molecule has 2 amide bonds. The molecule has 0 rings (SSSR count). The Bertz CT molecular complexity index is 161. The minimum Gasteiger partial charge on any atom is -0.296 e. The molecule has 56 valence electrons. The number of nitrogens with one attached hydrogen (secondary N) is 1. The van der Waals surface area contributed by atoms with Crippen LogP contribution in [0.1, 0.15) is 20.3 Å². The van der Waals surface area contributed by atoms with Crippen molar-refractivity contribution < 1.29 is 9.59 Å². The van der Waals surface area contributed by atoms with E-state index in [1.54, 1.807) is 12.2 Å². The number of rotatable bonds is 2. The van der Waals surface area contributed by atoms with Crippen molar-refractivity contribution in [1.29, 1.82) is 0 Å². The zero-order valence-corrected chi connectivity index (χ0v) is 6.18. The number of allylic oxidation sites excluding steroid dienone is 1. The monoisotopic (exact) mass is 141 g/mol. The Morgan fingerprint density at radius 2 is 2.10 bits per heavy atom. The third kappa shape index (κ3) is 5.03. The first-order valence-electron chi connectivity index (χ1n) is 3.08. The third-order valence-corrected chi connectivity index (χ3v) is 0.854. The molecule has 0 unspecified atom stereocenters. The molecule has 0 aromatic heterocycles.